The third-order valence-electron chi connectivity index (χ3n) is 2.10. The summed E-state index contributed by atoms with van der Waals surface area (Å²) in [4.78, 5) is 22.6. The fourth-order valence-electron chi connectivity index (χ4n) is 1.43. The van der Waals surface area contributed by atoms with Crippen LogP contribution >= 0.6 is 0 Å². The number of anilines is 1. The Labute approximate surface area is 106 Å². The van der Waals surface area contributed by atoms with Crippen LogP contribution in [0.4, 0.5) is 5.69 Å². The second-order valence-electron chi connectivity index (χ2n) is 3.55. The Bertz CT molecular complexity index is 443. The third-order valence-corrected chi connectivity index (χ3v) is 2.10. The smallest absolute Gasteiger partial charge is 0.338 e. The Morgan fingerprint density at radius 3 is 2.50 bits per heavy atom. The number of hydrogen-bond acceptors (Lipinski definition) is 4. The summed E-state index contributed by atoms with van der Waals surface area (Å²) in [7, 11) is 0. The monoisotopic (exact) mass is 251 g/mol. The minimum absolute atomic E-state index is 0.195. The number of esters is 1. The van der Waals surface area contributed by atoms with Gasteiger partial charge < -0.3 is 14.8 Å². The van der Waals surface area contributed by atoms with Gasteiger partial charge in [0.2, 0.25) is 5.91 Å². The van der Waals surface area contributed by atoms with Crippen molar-refractivity contribution in [2.24, 2.45) is 0 Å². The molecule has 1 aromatic rings. The third kappa shape index (κ3) is 3.76. The average Bonchev–Trinajstić information content (AvgIpc) is 2.31. The molecule has 98 valence electrons. The average molecular weight is 251 g/mol. The molecule has 18 heavy (non-hydrogen) atoms. The minimum Gasteiger partial charge on any atom is -0.492 e. The molecule has 0 unspecified atom stereocenters. The van der Waals surface area contributed by atoms with E-state index in [0.717, 1.165) is 0 Å². The molecule has 0 atom stereocenters. The summed E-state index contributed by atoms with van der Waals surface area (Å²) in [5.41, 5.74) is 0.937. The molecule has 0 radical (unpaired) electrons. The lowest BCUT2D eigenvalue weighted by Crippen LogP contribution is -2.10. The zero-order valence-electron chi connectivity index (χ0n) is 10.8. The first-order chi connectivity index (χ1) is 8.58. The van der Waals surface area contributed by atoms with Gasteiger partial charge in [0.15, 0.2) is 0 Å². The van der Waals surface area contributed by atoms with Gasteiger partial charge in [-0.05, 0) is 32.0 Å². The Morgan fingerprint density at radius 1 is 1.22 bits per heavy atom. The van der Waals surface area contributed by atoms with Crippen LogP contribution in [-0.4, -0.2) is 25.1 Å². The number of carbonyl (C=O) groups excluding carboxylic acids is 2. The topological polar surface area (TPSA) is 64.6 Å². The fourth-order valence-corrected chi connectivity index (χ4v) is 1.43. The number of nitrogens with one attached hydrogen (secondary N) is 1. The van der Waals surface area contributed by atoms with Crippen molar-refractivity contribution in [3.8, 4) is 5.75 Å². The van der Waals surface area contributed by atoms with Crippen LogP contribution in [0.3, 0.4) is 0 Å². The number of hydrogen-bond donors (Lipinski definition) is 1. The van der Waals surface area contributed by atoms with E-state index < -0.39 is 5.97 Å². The van der Waals surface area contributed by atoms with E-state index in [1.807, 2.05) is 6.92 Å². The summed E-state index contributed by atoms with van der Waals surface area (Å²) < 4.78 is 10.3. The van der Waals surface area contributed by atoms with Crippen LogP contribution in [0.2, 0.25) is 0 Å². The summed E-state index contributed by atoms with van der Waals surface area (Å²) in [6.45, 7) is 5.74. The molecule has 1 rings (SSSR count). The summed E-state index contributed by atoms with van der Waals surface area (Å²) in [6.07, 6.45) is 0. The SMILES string of the molecule is CCOC(=O)c1ccc(NC(C)=O)c(OCC)c1. The van der Waals surface area contributed by atoms with Crippen LogP contribution in [0.1, 0.15) is 31.1 Å². The number of rotatable bonds is 5. The van der Waals surface area contributed by atoms with Gasteiger partial charge in [0, 0.05) is 6.92 Å². The largest absolute Gasteiger partial charge is 0.492 e. The summed E-state index contributed by atoms with van der Waals surface area (Å²) >= 11 is 0. The summed E-state index contributed by atoms with van der Waals surface area (Å²) in [6, 6.07) is 4.78. The molecule has 0 fully saturated rings. The normalized spacial score (nSPS) is 9.72. The van der Waals surface area contributed by atoms with Crippen molar-refractivity contribution in [1.82, 2.24) is 0 Å². The molecule has 0 spiro atoms. The first-order valence-corrected chi connectivity index (χ1v) is 5.80. The van der Waals surface area contributed by atoms with Crippen molar-refractivity contribution in [2.75, 3.05) is 18.5 Å². The maximum atomic E-state index is 11.6. The number of carbonyl (C=O) groups is 2. The van der Waals surface area contributed by atoms with Crippen LogP contribution in [0.25, 0.3) is 0 Å². The van der Waals surface area contributed by atoms with E-state index in [0.29, 0.717) is 30.2 Å². The van der Waals surface area contributed by atoms with E-state index in [1.165, 1.54) is 6.92 Å². The van der Waals surface area contributed by atoms with Crippen molar-refractivity contribution in [3.05, 3.63) is 23.8 Å². The predicted octanol–water partition coefficient (Wildman–Crippen LogP) is 2.22. The van der Waals surface area contributed by atoms with Crippen LogP contribution in [0.5, 0.6) is 5.75 Å². The highest BCUT2D eigenvalue weighted by molar-refractivity contribution is 5.94. The Kier molecular flexibility index (Phi) is 5.17. The number of ether oxygens (including phenoxy) is 2. The first-order valence-electron chi connectivity index (χ1n) is 5.80. The van der Waals surface area contributed by atoms with E-state index in [4.69, 9.17) is 9.47 Å². The molecule has 1 aromatic carbocycles. The molecule has 1 amide bonds. The highest BCUT2D eigenvalue weighted by atomic mass is 16.5. The standard InChI is InChI=1S/C13H17NO4/c1-4-17-12-8-10(13(16)18-5-2)6-7-11(12)14-9(3)15/h6-8H,4-5H2,1-3H3,(H,14,15). The molecule has 0 bridgehead atoms. The molecule has 1 N–H and O–H groups in total. The second-order valence-corrected chi connectivity index (χ2v) is 3.55. The van der Waals surface area contributed by atoms with Crippen molar-refractivity contribution < 1.29 is 19.1 Å². The van der Waals surface area contributed by atoms with Crippen LogP contribution in [0.15, 0.2) is 18.2 Å². The molecule has 0 saturated carbocycles. The number of benzene rings is 1. The van der Waals surface area contributed by atoms with Gasteiger partial charge in [-0.3, -0.25) is 4.79 Å². The lowest BCUT2D eigenvalue weighted by molar-refractivity contribution is -0.114. The number of amides is 1. The van der Waals surface area contributed by atoms with Gasteiger partial charge in [-0.1, -0.05) is 0 Å². The van der Waals surface area contributed by atoms with Gasteiger partial charge >= 0.3 is 5.97 Å². The molecule has 5 heteroatoms. The molecular formula is C13H17NO4. The molecule has 0 heterocycles. The van der Waals surface area contributed by atoms with Crippen LogP contribution < -0.4 is 10.1 Å². The molecule has 5 nitrogen and oxygen atoms in total. The maximum Gasteiger partial charge on any atom is 0.338 e. The van der Waals surface area contributed by atoms with Gasteiger partial charge in [-0.2, -0.15) is 0 Å². The van der Waals surface area contributed by atoms with E-state index >= 15 is 0 Å². The second kappa shape index (κ2) is 6.64. The van der Waals surface area contributed by atoms with E-state index in [9.17, 15) is 9.59 Å². The van der Waals surface area contributed by atoms with Gasteiger partial charge in [0.05, 0.1) is 24.5 Å². The molecule has 0 aromatic heterocycles. The lowest BCUT2D eigenvalue weighted by atomic mass is 10.2. The molecule has 0 aliphatic heterocycles. The molecule has 0 aliphatic carbocycles. The highest BCUT2D eigenvalue weighted by Crippen LogP contribution is 2.26. The highest BCUT2D eigenvalue weighted by Gasteiger charge is 2.11. The summed E-state index contributed by atoms with van der Waals surface area (Å²) in [5.74, 6) is -0.147. The van der Waals surface area contributed by atoms with E-state index in [-0.39, 0.29) is 5.91 Å². The summed E-state index contributed by atoms with van der Waals surface area (Å²) in [5, 5.41) is 2.64. The quantitative estimate of drug-likeness (QED) is 0.815. The van der Waals surface area contributed by atoms with E-state index in [2.05, 4.69) is 5.32 Å². The predicted molar refractivity (Wildman–Crippen MR) is 67.9 cm³/mol. The van der Waals surface area contributed by atoms with Gasteiger partial charge in [0.1, 0.15) is 5.75 Å². The maximum absolute atomic E-state index is 11.6. The van der Waals surface area contributed by atoms with Crippen molar-refractivity contribution in [3.63, 3.8) is 0 Å². The van der Waals surface area contributed by atoms with Crippen LogP contribution in [0, 0.1) is 0 Å². The van der Waals surface area contributed by atoms with E-state index in [1.54, 1.807) is 25.1 Å². The Balaban J connectivity index is 3.02. The zero-order chi connectivity index (χ0) is 13.5. The molecular weight excluding hydrogens is 234 g/mol. The van der Waals surface area contributed by atoms with Crippen LogP contribution in [-0.2, 0) is 9.53 Å². The fraction of sp³-hybridized carbons (Fsp3) is 0.385. The lowest BCUT2D eigenvalue weighted by Gasteiger charge is -2.11. The minimum atomic E-state index is -0.409. The molecule has 0 aliphatic rings. The van der Waals surface area contributed by atoms with Crippen molar-refractivity contribution >= 4 is 17.6 Å². The van der Waals surface area contributed by atoms with Gasteiger partial charge in [0.25, 0.3) is 0 Å². The Morgan fingerprint density at radius 2 is 1.94 bits per heavy atom. The molecule has 0 saturated heterocycles. The van der Waals surface area contributed by atoms with Gasteiger partial charge in [-0.15, -0.1) is 0 Å². The zero-order valence-corrected chi connectivity index (χ0v) is 10.8. The Hall–Kier alpha value is -2.04. The van der Waals surface area contributed by atoms with Gasteiger partial charge in [-0.25, -0.2) is 4.79 Å². The van der Waals surface area contributed by atoms with Crippen molar-refractivity contribution in [1.29, 1.82) is 0 Å². The van der Waals surface area contributed by atoms with Crippen molar-refractivity contribution in [2.45, 2.75) is 20.8 Å². The first kappa shape index (κ1) is 14.0.